The third-order valence-electron chi connectivity index (χ3n) is 2.73. The van der Waals surface area contributed by atoms with E-state index in [1.807, 2.05) is 18.2 Å². The number of benzene rings is 1. The SMILES string of the molecule is Clc1ccc(NCC2CCCCO2)c(I)c1. The van der Waals surface area contributed by atoms with Crippen molar-refractivity contribution in [1.82, 2.24) is 0 Å². The summed E-state index contributed by atoms with van der Waals surface area (Å²) in [4.78, 5) is 0. The molecule has 0 amide bonds. The molecular weight excluding hydrogens is 336 g/mol. The van der Waals surface area contributed by atoms with Gasteiger partial charge in [0, 0.05) is 27.4 Å². The van der Waals surface area contributed by atoms with Crippen LogP contribution >= 0.6 is 34.2 Å². The lowest BCUT2D eigenvalue weighted by Gasteiger charge is -2.23. The lowest BCUT2D eigenvalue weighted by atomic mass is 10.1. The van der Waals surface area contributed by atoms with E-state index >= 15 is 0 Å². The fourth-order valence-electron chi connectivity index (χ4n) is 1.83. The van der Waals surface area contributed by atoms with Gasteiger partial charge >= 0.3 is 0 Å². The van der Waals surface area contributed by atoms with E-state index < -0.39 is 0 Å². The van der Waals surface area contributed by atoms with E-state index in [0.717, 1.165) is 33.9 Å². The molecule has 1 unspecified atom stereocenters. The Balaban J connectivity index is 1.88. The van der Waals surface area contributed by atoms with Crippen LogP contribution in [-0.4, -0.2) is 19.3 Å². The molecule has 1 aromatic rings. The van der Waals surface area contributed by atoms with Gasteiger partial charge in [-0.05, 0) is 60.1 Å². The fraction of sp³-hybridized carbons (Fsp3) is 0.500. The van der Waals surface area contributed by atoms with Crippen LogP contribution in [0.15, 0.2) is 18.2 Å². The minimum atomic E-state index is 0.361. The summed E-state index contributed by atoms with van der Waals surface area (Å²) in [7, 11) is 0. The van der Waals surface area contributed by atoms with Gasteiger partial charge in [-0.3, -0.25) is 0 Å². The van der Waals surface area contributed by atoms with Crippen LogP contribution in [0.25, 0.3) is 0 Å². The molecule has 1 fully saturated rings. The van der Waals surface area contributed by atoms with Gasteiger partial charge < -0.3 is 10.1 Å². The Kier molecular flexibility index (Phi) is 4.73. The molecule has 0 spiro atoms. The maximum absolute atomic E-state index is 5.91. The highest BCUT2D eigenvalue weighted by Crippen LogP contribution is 2.23. The molecule has 1 aliphatic heterocycles. The van der Waals surface area contributed by atoms with Crippen molar-refractivity contribution in [3.05, 3.63) is 26.8 Å². The summed E-state index contributed by atoms with van der Waals surface area (Å²) in [5, 5.41) is 4.20. The van der Waals surface area contributed by atoms with Crippen LogP contribution in [-0.2, 0) is 4.74 Å². The number of hydrogen-bond acceptors (Lipinski definition) is 2. The molecule has 1 saturated heterocycles. The van der Waals surface area contributed by atoms with Crippen molar-refractivity contribution < 1.29 is 4.74 Å². The highest BCUT2D eigenvalue weighted by atomic mass is 127. The molecule has 1 heterocycles. The first-order valence-electron chi connectivity index (χ1n) is 5.56. The van der Waals surface area contributed by atoms with Crippen LogP contribution in [0.1, 0.15) is 19.3 Å². The summed E-state index contributed by atoms with van der Waals surface area (Å²) in [6.45, 7) is 1.79. The summed E-state index contributed by atoms with van der Waals surface area (Å²) in [6, 6.07) is 5.90. The normalized spacial score (nSPS) is 20.8. The van der Waals surface area contributed by atoms with Crippen molar-refractivity contribution in [3.63, 3.8) is 0 Å². The van der Waals surface area contributed by atoms with E-state index in [4.69, 9.17) is 16.3 Å². The molecule has 2 nitrogen and oxygen atoms in total. The fourth-order valence-corrected chi connectivity index (χ4v) is 2.89. The molecule has 1 atom stereocenters. The molecular formula is C12H15ClINO. The Hall–Kier alpha value is -0.000000000000000111. The summed E-state index contributed by atoms with van der Waals surface area (Å²) < 4.78 is 6.83. The van der Waals surface area contributed by atoms with Crippen molar-refractivity contribution in [1.29, 1.82) is 0 Å². The molecule has 0 radical (unpaired) electrons. The molecule has 1 N–H and O–H groups in total. The second kappa shape index (κ2) is 6.07. The molecule has 0 saturated carbocycles. The molecule has 2 rings (SSSR count). The van der Waals surface area contributed by atoms with Crippen LogP contribution in [0, 0.1) is 3.57 Å². The van der Waals surface area contributed by atoms with Gasteiger partial charge in [0.25, 0.3) is 0 Å². The van der Waals surface area contributed by atoms with Gasteiger partial charge in [-0.15, -0.1) is 0 Å². The highest BCUT2D eigenvalue weighted by molar-refractivity contribution is 14.1. The molecule has 1 aliphatic rings. The minimum Gasteiger partial charge on any atom is -0.382 e. The van der Waals surface area contributed by atoms with Crippen LogP contribution in [0.5, 0.6) is 0 Å². The molecule has 1 aromatic carbocycles. The number of nitrogens with one attached hydrogen (secondary N) is 1. The molecule has 0 aliphatic carbocycles. The van der Waals surface area contributed by atoms with E-state index in [9.17, 15) is 0 Å². The number of hydrogen-bond donors (Lipinski definition) is 1. The Morgan fingerprint density at radius 3 is 3.00 bits per heavy atom. The number of rotatable bonds is 3. The molecule has 0 aromatic heterocycles. The average Bonchev–Trinajstić information content (AvgIpc) is 2.29. The van der Waals surface area contributed by atoms with Crippen LogP contribution < -0.4 is 5.32 Å². The van der Waals surface area contributed by atoms with Crippen molar-refractivity contribution in [2.45, 2.75) is 25.4 Å². The largest absolute Gasteiger partial charge is 0.382 e. The van der Waals surface area contributed by atoms with E-state index in [-0.39, 0.29) is 0 Å². The first kappa shape index (κ1) is 12.5. The number of halogens is 2. The zero-order valence-electron chi connectivity index (χ0n) is 9.01. The number of ether oxygens (including phenoxy) is 1. The van der Waals surface area contributed by atoms with Gasteiger partial charge in [0.05, 0.1) is 6.10 Å². The van der Waals surface area contributed by atoms with Gasteiger partial charge in [-0.25, -0.2) is 0 Å². The van der Waals surface area contributed by atoms with Crippen molar-refractivity contribution in [2.24, 2.45) is 0 Å². The Morgan fingerprint density at radius 2 is 2.31 bits per heavy atom. The monoisotopic (exact) mass is 351 g/mol. The Labute approximate surface area is 115 Å². The third-order valence-corrected chi connectivity index (χ3v) is 3.85. The van der Waals surface area contributed by atoms with Gasteiger partial charge in [0.1, 0.15) is 0 Å². The molecule has 88 valence electrons. The van der Waals surface area contributed by atoms with Crippen LogP contribution in [0.3, 0.4) is 0 Å². The summed E-state index contributed by atoms with van der Waals surface area (Å²) in [5.74, 6) is 0. The Morgan fingerprint density at radius 1 is 1.44 bits per heavy atom. The van der Waals surface area contributed by atoms with Crippen LogP contribution in [0.4, 0.5) is 5.69 Å². The zero-order valence-corrected chi connectivity index (χ0v) is 11.9. The quantitative estimate of drug-likeness (QED) is 0.833. The van der Waals surface area contributed by atoms with E-state index in [1.165, 1.54) is 12.8 Å². The summed E-state index contributed by atoms with van der Waals surface area (Å²) in [6.07, 6.45) is 4.01. The summed E-state index contributed by atoms with van der Waals surface area (Å²) in [5.41, 5.74) is 1.14. The maximum atomic E-state index is 5.91. The Bertz CT molecular complexity index is 353. The molecule has 0 bridgehead atoms. The predicted octanol–water partition coefficient (Wildman–Crippen LogP) is 3.93. The van der Waals surface area contributed by atoms with Gasteiger partial charge in [-0.1, -0.05) is 11.6 Å². The number of anilines is 1. The van der Waals surface area contributed by atoms with E-state index in [0.29, 0.717) is 6.10 Å². The lowest BCUT2D eigenvalue weighted by Crippen LogP contribution is -2.27. The third kappa shape index (κ3) is 3.50. The van der Waals surface area contributed by atoms with Crippen molar-refractivity contribution in [2.75, 3.05) is 18.5 Å². The van der Waals surface area contributed by atoms with E-state index in [2.05, 4.69) is 27.9 Å². The van der Waals surface area contributed by atoms with Crippen molar-refractivity contribution in [3.8, 4) is 0 Å². The topological polar surface area (TPSA) is 21.3 Å². The maximum Gasteiger partial charge on any atom is 0.0747 e. The van der Waals surface area contributed by atoms with Gasteiger partial charge in [0.2, 0.25) is 0 Å². The highest BCUT2D eigenvalue weighted by Gasteiger charge is 2.13. The predicted molar refractivity (Wildman–Crippen MR) is 76.2 cm³/mol. The minimum absolute atomic E-state index is 0.361. The molecule has 4 heteroatoms. The van der Waals surface area contributed by atoms with Gasteiger partial charge in [-0.2, -0.15) is 0 Å². The van der Waals surface area contributed by atoms with E-state index in [1.54, 1.807) is 0 Å². The first-order valence-corrected chi connectivity index (χ1v) is 7.02. The second-order valence-corrected chi connectivity index (χ2v) is 5.59. The summed E-state index contributed by atoms with van der Waals surface area (Å²) >= 11 is 8.20. The standard InChI is InChI=1S/C12H15ClINO/c13-9-4-5-12(11(14)7-9)15-8-10-3-1-2-6-16-10/h4-5,7,10,15H,1-3,6,8H2. The zero-order chi connectivity index (χ0) is 11.4. The van der Waals surface area contributed by atoms with Crippen molar-refractivity contribution >= 4 is 39.9 Å². The second-order valence-electron chi connectivity index (χ2n) is 3.99. The smallest absolute Gasteiger partial charge is 0.0747 e. The van der Waals surface area contributed by atoms with Gasteiger partial charge in [0.15, 0.2) is 0 Å². The average molecular weight is 352 g/mol. The first-order chi connectivity index (χ1) is 7.75. The molecule has 16 heavy (non-hydrogen) atoms. The lowest BCUT2D eigenvalue weighted by molar-refractivity contribution is 0.0247. The van der Waals surface area contributed by atoms with Crippen LogP contribution in [0.2, 0.25) is 5.02 Å².